The predicted octanol–water partition coefficient (Wildman–Crippen LogP) is 2.51. The Morgan fingerprint density at radius 2 is 2.25 bits per heavy atom. The summed E-state index contributed by atoms with van der Waals surface area (Å²) in [5.74, 6) is 0.512. The van der Waals surface area contributed by atoms with E-state index in [0.717, 1.165) is 5.03 Å². The first-order valence-electron chi connectivity index (χ1n) is 4.17. The van der Waals surface area contributed by atoms with Crippen molar-refractivity contribution in [2.24, 2.45) is 5.92 Å². The number of nitrogens with zero attached hydrogens (tertiary/aromatic N) is 1. The van der Waals surface area contributed by atoms with Crippen molar-refractivity contribution in [3.63, 3.8) is 0 Å². The molecule has 2 atom stereocenters. The Labute approximate surface area is 78.0 Å². The van der Waals surface area contributed by atoms with Gasteiger partial charge in [-0.1, -0.05) is 24.6 Å². The van der Waals surface area contributed by atoms with E-state index in [4.69, 9.17) is 11.6 Å². The second kappa shape index (κ2) is 2.67. The van der Waals surface area contributed by atoms with Gasteiger partial charge in [-0.2, -0.15) is 0 Å². The van der Waals surface area contributed by atoms with E-state index < -0.39 is 0 Å². The number of fused-ring (bicyclic) bond motifs is 1. The topological polar surface area (TPSA) is 3.24 Å². The van der Waals surface area contributed by atoms with E-state index >= 15 is 0 Å². The summed E-state index contributed by atoms with van der Waals surface area (Å²) in [6, 6.07) is 0.507. The van der Waals surface area contributed by atoms with Crippen LogP contribution in [0, 0.1) is 5.92 Å². The second-order valence-electron chi connectivity index (χ2n) is 3.48. The van der Waals surface area contributed by atoms with Gasteiger partial charge < -0.3 is 4.90 Å². The van der Waals surface area contributed by atoms with E-state index in [1.165, 1.54) is 5.57 Å². The standard InChI is InChI=1S/C10H12ClN/c1-7-5-9(11)6-8-3-4-12(2)10(7)8/h3-7,10H,1-2H3. The molecule has 0 fully saturated rings. The quantitative estimate of drug-likeness (QED) is 0.555. The molecule has 2 heteroatoms. The van der Waals surface area contributed by atoms with E-state index in [1.807, 2.05) is 6.08 Å². The van der Waals surface area contributed by atoms with Crippen molar-refractivity contribution in [1.29, 1.82) is 0 Å². The van der Waals surface area contributed by atoms with Gasteiger partial charge in [0.15, 0.2) is 0 Å². The summed E-state index contributed by atoms with van der Waals surface area (Å²) in [4.78, 5) is 2.23. The molecule has 0 saturated carbocycles. The SMILES string of the molecule is CC1C=C(Cl)C=C2C=CN(C)C21. The maximum absolute atomic E-state index is 5.96. The summed E-state index contributed by atoms with van der Waals surface area (Å²) < 4.78 is 0. The fraction of sp³-hybridized carbons (Fsp3) is 0.400. The molecule has 1 nitrogen and oxygen atoms in total. The summed E-state index contributed by atoms with van der Waals surface area (Å²) >= 11 is 5.96. The minimum absolute atomic E-state index is 0.507. The van der Waals surface area contributed by atoms with Crippen molar-refractivity contribution in [2.45, 2.75) is 13.0 Å². The second-order valence-corrected chi connectivity index (χ2v) is 3.92. The van der Waals surface area contributed by atoms with Crippen LogP contribution in [-0.4, -0.2) is 18.0 Å². The molecule has 1 aliphatic heterocycles. The molecule has 2 unspecified atom stereocenters. The zero-order valence-corrected chi connectivity index (χ0v) is 8.05. The fourth-order valence-corrected chi connectivity index (χ4v) is 2.31. The lowest BCUT2D eigenvalue weighted by molar-refractivity contribution is 0.335. The summed E-state index contributed by atoms with van der Waals surface area (Å²) in [6.07, 6.45) is 8.40. The van der Waals surface area contributed by atoms with Crippen molar-refractivity contribution < 1.29 is 0 Å². The van der Waals surface area contributed by atoms with Gasteiger partial charge in [0.05, 0.1) is 6.04 Å². The molecule has 2 rings (SSSR count). The maximum atomic E-state index is 5.96. The molecule has 1 heterocycles. The lowest BCUT2D eigenvalue weighted by Gasteiger charge is -2.29. The Hall–Kier alpha value is -0.690. The third-order valence-corrected chi connectivity index (χ3v) is 2.74. The number of likely N-dealkylation sites (N-methyl/N-ethyl adjacent to an activating group) is 1. The average molecular weight is 182 g/mol. The Kier molecular flexibility index (Phi) is 1.76. The molecule has 0 aromatic rings. The van der Waals surface area contributed by atoms with Crippen LogP contribution in [-0.2, 0) is 0 Å². The summed E-state index contributed by atoms with van der Waals surface area (Å²) in [5.41, 5.74) is 1.33. The first-order valence-corrected chi connectivity index (χ1v) is 4.55. The molecule has 0 radical (unpaired) electrons. The maximum Gasteiger partial charge on any atom is 0.0595 e. The Balaban J connectivity index is 2.36. The van der Waals surface area contributed by atoms with Crippen LogP contribution in [0.5, 0.6) is 0 Å². The lowest BCUT2D eigenvalue weighted by Crippen LogP contribution is -2.31. The van der Waals surface area contributed by atoms with E-state index in [0.29, 0.717) is 12.0 Å². The first kappa shape index (κ1) is 7.93. The van der Waals surface area contributed by atoms with Gasteiger partial charge in [-0.25, -0.2) is 0 Å². The number of hydrogen-bond acceptors (Lipinski definition) is 1. The molecule has 0 N–H and O–H groups in total. The molecule has 0 aromatic carbocycles. The van der Waals surface area contributed by atoms with Crippen LogP contribution in [0.4, 0.5) is 0 Å². The third kappa shape index (κ3) is 1.09. The normalized spacial score (nSPS) is 33.1. The molecule has 0 bridgehead atoms. The molecule has 0 aromatic heterocycles. The first-order chi connectivity index (χ1) is 5.68. The zero-order valence-electron chi connectivity index (χ0n) is 7.29. The zero-order chi connectivity index (χ0) is 8.72. The number of hydrogen-bond donors (Lipinski definition) is 0. The van der Waals surface area contributed by atoms with Gasteiger partial charge in [0.1, 0.15) is 0 Å². The Morgan fingerprint density at radius 3 is 3.00 bits per heavy atom. The molecule has 12 heavy (non-hydrogen) atoms. The van der Waals surface area contributed by atoms with Crippen molar-refractivity contribution in [3.8, 4) is 0 Å². The minimum Gasteiger partial charge on any atom is -0.373 e. The Bertz CT molecular complexity index is 288. The van der Waals surface area contributed by atoms with Crippen LogP contribution in [0.1, 0.15) is 6.92 Å². The largest absolute Gasteiger partial charge is 0.373 e. The van der Waals surface area contributed by atoms with Crippen LogP contribution >= 0.6 is 11.6 Å². The summed E-state index contributed by atoms with van der Waals surface area (Å²) in [6.45, 7) is 2.20. The molecule has 1 aliphatic carbocycles. The van der Waals surface area contributed by atoms with E-state index in [1.54, 1.807) is 0 Å². The molecule has 64 valence electrons. The van der Waals surface area contributed by atoms with Gasteiger partial charge in [-0.3, -0.25) is 0 Å². The van der Waals surface area contributed by atoms with Crippen LogP contribution < -0.4 is 0 Å². The molecule has 0 spiro atoms. The number of allylic oxidation sites excluding steroid dienone is 2. The fourth-order valence-electron chi connectivity index (χ4n) is 1.99. The number of halogens is 1. The predicted molar refractivity (Wildman–Crippen MR) is 51.9 cm³/mol. The molecular formula is C10H12ClN. The minimum atomic E-state index is 0.507. The van der Waals surface area contributed by atoms with Gasteiger partial charge >= 0.3 is 0 Å². The summed E-state index contributed by atoms with van der Waals surface area (Å²) in [7, 11) is 2.10. The van der Waals surface area contributed by atoms with Crippen molar-refractivity contribution in [2.75, 3.05) is 7.05 Å². The molecule has 0 saturated heterocycles. The monoisotopic (exact) mass is 181 g/mol. The van der Waals surface area contributed by atoms with Crippen LogP contribution in [0.25, 0.3) is 0 Å². The van der Waals surface area contributed by atoms with Gasteiger partial charge in [0.2, 0.25) is 0 Å². The van der Waals surface area contributed by atoms with Gasteiger partial charge in [0.25, 0.3) is 0 Å². The van der Waals surface area contributed by atoms with Gasteiger partial charge in [-0.15, -0.1) is 0 Å². The smallest absolute Gasteiger partial charge is 0.0595 e. The highest BCUT2D eigenvalue weighted by Gasteiger charge is 2.28. The van der Waals surface area contributed by atoms with Gasteiger partial charge in [-0.05, 0) is 23.9 Å². The highest BCUT2D eigenvalue weighted by atomic mass is 35.5. The van der Waals surface area contributed by atoms with Crippen LogP contribution in [0.2, 0.25) is 0 Å². The third-order valence-electron chi connectivity index (χ3n) is 2.51. The van der Waals surface area contributed by atoms with Crippen molar-refractivity contribution >= 4 is 11.6 Å². The Morgan fingerprint density at radius 1 is 1.50 bits per heavy atom. The highest BCUT2D eigenvalue weighted by Crippen LogP contribution is 2.32. The average Bonchev–Trinajstić information content (AvgIpc) is 2.31. The van der Waals surface area contributed by atoms with E-state index in [2.05, 4.69) is 37.2 Å². The van der Waals surface area contributed by atoms with Gasteiger partial charge in [0, 0.05) is 18.0 Å². The molecule has 2 aliphatic rings. The van der Waals surface area contributed by atoms with Crippen molar-refractivity contribution in [3.05, 3.63) is 35.0 Å². The van der Waals surface area contributed by atoms with E-state index in [-0.39, 0.29) is 0 Å². The van der Waals surface area contributed by atoms with Crippen LogP contribution in [0.15, 0.2) is 35.0 Å². The number of rotatable bonds is 0. The van der Waals surface area contributed by atoms with Crippen LogP contribution in [0.3, 0.4) is 0 Å². The van der Waals surface area contributed by atoms with E-state index in [9.17, 15) is 0 Å². The summed E-state index contributed by atoms with van der Waals surface area (Å²) in [5, 5.41) is 0.869. The lowest BCUT2D eigenvalue weighted by atomic mass is 9.91. The highest BCUT2D eigenvalue weighted by molar-refractivity contribution is 6.31. The molecular weight excluding hydrogens is 170 g/mol. The molecule has 0 amide bonds. The van der Waals surface area contributed by atoms with Crippen molar-refractivity contribution in [1.82, 2.24) is 4.90 Å².